The molecular weight excluding hydrogens is 603 g/mol. The molecule has 0 fully saturated rings. The van der Waals surface area contributed by atoms with Crippen LogP contribution < -0.4 is 10.1 Å². The Balaban J connectivity index is 1.12. The number of urea groups is 1. The minimum atomic E-state index is -4.74. The van der Waals surface area contributed by atoms with Gasteiger partial charge in [0.25, 0.3) is 0 Å². The van der Waals surface area contributed by atoms with Gasteiger partial charge >= 0.3 is 12.4 Å². The van der Waals surface area contributed by atoms with Crippen LogP contribution in [0.1, 0.15) is 81.0 Å². The highest BCUT2D eigenvalue weighted by atomic mass is 19.4. The summed E-state index contributed by atoms with van der Waals surface area (Å²) in [5.41, 5.74) is 8.41. The monoisotopic (exact) mass is 643 g/mol. The first-order valence-electron chi connectivity index (χ1n) is 15.9. The predicted molar refractivity (Wildman–Crippen MR) is 178 cm³/mol. The van der Waals surface area contributed by atoms with E-state index in [0.717, 1.165) is 36.1 Å². The first-order valence-corrected chi connectivity index (χ1v) is 15.9. The zero-order valence-electron chi connectivity index (χ0n) is 27.3. The van der Waals surface area contributed by atoms with Gasteiger partial charge in [-0.1, -0.05) is 73.5 Å². The number of nitrogens with one attached hydrogen (secondary N) is 1. The van der Waals surface area contributed by atoms with Gasteiger partial charge in [0, 0.05) is 29.7 Å². The Labute approximate surface area is 273 Å². The molecule has 10 heteroatoms. The molecular formula is C37H40F3N5O2. The lowest BCUT2D eigenvalue weighted by Crippen LogP contribution is -2.31. The molecule has 1 heterocycles. The van der Waals surface area contributed by atoms with Crippen LogP contribution in [0.3, 0.4) is 0 Å². The van der Waals surface area contributed by atoms with Crippen LogP contribution in [-0.2, 0) is 6.42 Å². The number of amides is 2. The summed E-state index contributed by atoms with van der Waals surface area (Å²) in [4.78, 5) is 21.9. The molecule has 0 saturated heterocycles. The van der Waals surface area contributed by atoms with Crippen molar-refractivity contribution in [2.24, 2.45) is 4.99 Å². The number of aromatic nitrogens is 3. The van der Waals surface area contributed by atoms with Crippen LogP contribution in [0.25, 0.3) is 17.1 Å². The standard InChI is InChI=1S/C37H40F3N5O2/c1-23(2)31-19-9-24(3)21-32(31)34-25(4)10-20-33(34)43-36(46)42-26(5)7-6-8-27-11-13-28(14-12-27)35-41-22-45(44-35)29-15-17-30(18-16-29)47-37(38,39)40/h9-19,21-23,26,34H,6-8,20H2,1-5H3,(H,42,46)/b43-33+. The highest BCUT2D eigenvalue weighted by Crippen LogP contribution is 2.37. The van der Waals surface area contributed by atoms with Crippen LogP contribution in [0.5, 0.6) is 5.75 Å². The molecule has 2 amide bonds. The Kier molecular flexibility index (Phi) is 10.3. The molecule has 3 aromatic carbocycles. The Morgan fingerprint density at radius 2 is 1.77 bits per heavy atom. The van der Waals surface area contributed by atoms with Gasteiger partial charge in [0.05, 0.1) is 5.69 Å². The highest BCUT2D eigenvalue weighted by Gasteiger charge is 2.31. The summed E-state index contributed by atoms with van der Waals surface area (Å²) in [7, 11) is 0. The molecule has 4 aromatic rings. The molecule has 1 aromatic heterocycles. The summed E-state index contributed by atoms with van der Waals surface area (Å²) in [6.45, 7) is 10.6. The van der Waals surface area contributed by atoms with E-state index in [1.165, 1.54) is 57.5 Å². The fourth-order valence-electron chi connectivity index (χ4n) is 5.97. The number of halogens is 3. The van der Waals surface area contributed by atoms with Gasteiger partial charge < -0.3 is 10.1 Å². The van der Waals surface area contributed by atoms with Crippen molar-refractivity contribution in [2.45, 2.75) is 84.5 Å². The van der Waals surface area contributed by atoms with Gasteiger partial charge in [0.1, 0.15) is 12.1 Å². The van der Waals surface area contributed by atoms with Gasteiger partial charge in [-0.15, -0.1) is 18.3 Å². The van der Waals surface area contributed by atoms with Crippen molar-refractivity contribution in [1.29, 1.82) is 0 Å². The van der Waals surface area contributed by atoms with E-state index in [4.69, 9.17) is 0 Å². The Morgan fingerprint density at radius 3 is 2.45 bits per heavy atom. The number of aliphatic imine (C=N–C) groups is 1. The molecule has 47 heavy (non-hydrogen) atoms. The van der Waals surface area contributed by atoms with Gasteiger partial charge in [-0.3, -0.25) is 0 Å². The zero-order valence-corrected chi connectivity index (χ0v) is 27.3. The first-order chi connectivity index (χ1) is 22.4. The van der Waals surface area contributed by atoms with E-state index in [-0.39, 0.29) is 23.7 Å². The summed E-state index contributed by atoms with van der Waals surface area (Å²) >= 11 is 0. The fraction of sp³-hybridized carbons (Fsp3) is 0.351. The highest BCUT2D eigenvalue weighted by molar-refractivity contribution is 6.03. The van der Waals surface area contributed by atoms with Gasteiger partial charge in [-0.05, 0) is 86.9 Å². The molecule has 0 bridgehead atoms. The normalized spacial score (nSPS) is 16.4. The van der Waals surface area contributed by atoms with E-state index in [0.29, 0.717) is 23.9 Å². The van der Waals surface area contributed by atoms with Gasteiger partial charge in [-0.25, -0.2) is 19.5 Å². The van der Waals surface area contributed by atoms with E-state index >= 15 is 0 Å². The molecule has 0 spiro atoms. The Hall–Kier alpha value is -4.73. The van der Waals surface area contributed by atoms with Crippen LogP contribution in [-0.4, -0.2) is 38.9 Å². The van der Waals surface area contributed by atoms with Crippen LogP contribution in [0.15, 0.2) is 89.7 Å². The molecule has 246 valence electrons. The number of benzene rings is 3. The second kappa shape index (κ2) is 14.4. The molecule has 1 aliphatic carbocycles. The molecule has 2 atom stereocenters. The van der Waals surface area contributed by atoms with Crippen molar-refractivity contribution in [2.75, 3.05) is 0 Å². The zero-order chi connectivity index (χ0) is 33.7. The van der Waals surface area contributed by atoms with Crippen LogP contribution in [0.2, 0.25) is 0 Å². The third-order valence-electron chi connectivity index (χ3n) is 8.35. The number of carbonyl (C=O) groups is 1. The number of ether oxygens (including phenoxy) is 1. The smallest absolute Gasteiger partial charge is 0.406 e. The van der Waals surface area contributed by atoms with Crippen LogP contribution in [0, 0.1) is 6.92 Å². The lowest BCUT2D eigenvalue weighted by atomic mass is 9.84. The van der Waals surface area contributed by atoms with Gasteiger partial charge in [0.2, 0.25) is 0 Å². The number of aryl methyl sites for hydroxylation is 2. The van der Waals surface area contributed by atoms with E-state index in [1.807, 2.05) is 31.2 Å². The van der Waals surface area contributed by atoms with Crippen molar-refractivity contribution >= 4 is 11.7 Å². The minimum Gasteiger partial charge on any atom is -0.406 e. The van der Waals surface area contributed by atoms with Crippen molar-refractivity contribution in [3.05, 3.63) is 107 Å². The molecule has 1 aliphatic rings. The quantitative estimate of drug-likeness (QED) is 0.175. The third kappa shape index (κ3) is 8.75. The number of allylic oxidation sites excluding steroid dienone is 2. The van der Waals surface area contributed by atoms with Gasteiger partial charge in [-0.2, -0.15) is 0 Å². The average molecular weight is 644 g/mol. The number of hydrogen-bond acceptors (Lipinski definition) is 4. The van der Waals surface area contributed by atoms with Crippen LogP contribution >= 0.6 is 0 Å². The number of hydrogen-bond donors (Lipinski definition) is 1. The van der Waals surface area contributed by atoms with Crippen molar-refractivity contribution in [3.8, 4) is 22.8 Å². The van der Waals surface area contributed by atoms with Gasteiger partial charge in [0.15, 0.2) is 5.82 Å². The van der Waals surface area contributed by atoms with E-state index in [2.05, 4.69) is 77.1 Å². The number of rotatable bonds is 10. The maximum Gasteiger partial charge on any atom is 0.573 e. The number of alkyl halides is 3. The molecule has 5 rings (SSSR count). The largest absolute Gasteiger partial charge is 0.573 e. The third-order valence-corrected chi connectivity index (χ3v) is 8.35. The summed E-state index contributed by atoms with van der Waals surface area (Å²) < 4.78 is 42.7. The van der Waals surface area contributed by atoms with Crippen molar-refractivity contribution in [1.82, 2.24) is 20.1 Å². The second-order valence-electron chi connectivity index (χ2n) is 12.5. The molecule has 0 saturated carbocycles. The number of carbonyl (C=O) groups excluding carboxylic acids is 1. The fourth-order valence-corrected chi connectivity index (χ4v) is 5.97. The molecule has 7 nitrogen and oxygen atoms in total. The van der Waals surface area contributed by atoms with Crippen molar-refractivity contribution < 1.29 is 22.7 Å². The van der Waals surface area contributed by atoms with E-state index in [9.17, 15) is 18.0 Å². The Morgan fingerprint density at radius 1 is 1.04 bits per heavy atom. The molecule has 2 unspecified atom stereocenters. The van der Waals surface area contributed by atoms with E-state index < -0.39 is 6.36 Å². The first kappa shape index (κ1) is 33.6. The maximum atomic E-state index is 13.0. The summed E-state index contributed by atoms with van der Waals surface area (Å²) in [6.07, 6.45) is 2.19. The lowest BCUT2D eigenvalue weighted by molar-refractivity contribution is -0.274. The second-order valence-corrected chi connectivity index (χ2v) is 12.5. The molecule has 1 N–H and O–H groups in total. The van der Waals surface area contributed by atoms with Crippen molar-refractivity contribution in [3.63, 3.8) is 0 Å². The minimum absolute atomic E-state index is 0.0208. The molecule has 0 aliphatic heterocycles. The van der Waals surface area contributed by atoms with E-state index in [1.54, 1.807) is 0 Å². The predicted octanol–water partition coefficient (Wildman–Crippen LogP) is 9.26. The maximum absolute atomic E-state index is 13.0. The molecule has 0 radical (unpaired) electrons. The summed E-state index contributed by atoms with van der Waals surface area (Å²) in [5, 5.41) is 7.53. The van der Waals surface area contributed by atoms with Crippen LogP contribution in [0.4, 0.5) is 18.0 Å². The summed E-state index contributed by atoms with van der Waals surface area (Å²) in [5.74, 6) is 0.619. The topological polar surface area (TPSA) is 81.4 Å². The Bertz CT molecular complexity index is 1760. The lowest BCUT2D eigenvalue weighted by Gasteiger charge is -2.21. The summed E-state index contributed by atoms with van der Waals surface area (Å²) in [6, 6.07) is 19.7. The SMILES string of the molecule is CC1=CC/C(=N\C(=O)NC(C)CCCc2ccc(-c3ncn(-c4ccc(OC(F)(F)F)cc4)n3)cc2)C1c1cc(C)ccc1C(C)C. The average Bonchev–Trinajstić information content (AvgIpc) is 3.64. The number of nitrogens with zero attached hydrogens (tertiary/aromatic N) is 4.